The molecule has 1 fully saturated rings. The Balaban J connectivity index is 1.94. The SMILES string of the molecule is FC(F)COc1ccc(Br)c(CNC2CC2)c1. The number of alkyl halides is 2. The van der Waals surface area contributed by atoms with Gasteiger partial charge in [0.2, 0.25) is 0 Å². The van der Waals surface area contributed by atoms with E-state index in [1.165, 1.54) is 12.8 Å². The fourth-order valence-corrected chi connectivity index (χ4v) is 1.86. The highest BCUT2D eigenvalue weighted by Crippen LogP contribution is 2.25. The van der Waals surface area contributed by atoms with Gasteiger partial charge in [-0.25, -0.2) is 8.78 Å². The lowest BCUT2D eigenvalue weighted by Gasteiger charge is -2.10. The zero-order valence-electron chi connectivity index (χ0n) is 9.26. The molecular formula is C12H14BrF2NO. The normalized spacial score (nSPS) is 15.3. The number of nitrogens with one attached hydrogen (secondary N) is 1. The standard InChI is InChI=1S/C12H14BrF2NO/c13-11-4-3-10(17-7-12(14)15)5-8(11)6-16-9-1-2-9/h3-5,9,12,16H,1-2,6-7H2. The first-order valence-corrected chi connectivity index (χ1v) is 6.37. The average molecular weight is 306 g/mol. The topological polar surface area (TPSA) is 21.3 Å². The van der Waals surface area contributed by atoms with Gasteiger partial charge in [-0.2, -0.15) is 0 Å². The molecule has 0 heterocycles. The summed E-state index contributed by atoms with van der Waals surface area (Å²) in [5.74, 6) is 0.487. The summed E-state index contributed by atoms with van der Waals surface area (Å²) >= 11 is 3.44. The molecule has 1 aliphatic carbocycles. The Kier molecular flexibility index (Phi) is 4.34. The number of rotatable bonds is 6. The van der Waals surface area contributed by atoms with E-state index in [9.17, 15) is 8.78 Å². The average Bonchev–Trinajstić information content (AvgIpc) is 3.10. The number of benzene rings is 1. The highest BCUT2D eigenvalue weighted by Gasteiger charge is 2.20. The first-order chi connectivity index (χ1) is 8.15. The van der Waals surface area contributed by atoms with Gasteiger partial charge >= 0.3 is 0 Å². The second kappa shape index (κ2) is 5.78. The van der Waals surface area contributed by atoms with Crippen LogP contribution in [0.1, 0.15) is 18.4 Å². The first kappa shape index (κ1) is 12.8. The summed E-state index contributed by atoms with van der Waals surface area (Å²) in [6, 6.07) is 5.92. The summed E-state index contributed by atoms with van der Waals surface area (Å²) < 4.78 is 30.0. The van der Waals surface area contributed by atoms with Gasteiger partial charge in [-0.1, -0.05) is 15.9 Å². The Morgan fingerprint density at radius 3 is 2.82 bits per heavy atom. The van der Waals surface area contributed by atoms with Crippen LogP contribution < -0.4 is 10.1 Å². The van der Waals surface area contributed by atoms with Crippen LogP contribution in [0.4, 0.5) is 8.78 Å². The zero-order valence-corrected chi connectivity index (χ0v) is 10.8. The van der Waals surface area contributed by atoms with Crippen molar-refractivity contribution >= 4 is 15.9 Å². The minimum atomic E-state index is -2.44. The lowest BCUT2D eigenvalue weighted by Crippen LogP contribution is -2.15. The highest BCUT2D eigenvalue weighted by molar-refractivity contribution is 9.10. The van der Waals surface area contributed by atoms with Crippen molar-refractivity contribution in [2.75, 3.05) is 6.61 Å². The summed E-state index contributed by atoms with van der Waals surface area (Å²) in [6.07, 6.45) is 0.00459. The number of ether oxygens (including phenoxy) is 1. The molecule has 2 nitrogen and oxygen atoms in total. The lowest BCUT2D eigenvalue weighted by molar-refractivity contribution is 0.0818. The third kappa shape index (κ3) is 4.24. The van der Waals surface area contributed by atoms with Gasteiger partial charge in [-0.05, 0) is 36.6 Å². The molecule has 1 aromatic carbocycles. The smallest absolute Gasteiger partial charge is 0.272 e. The van der Waals surface area contributed by atoms with E-state index < -0.39 is 13.0 Å². The van der Waals surface area contributed by atoms with Gasteiger partial charge in [-0.15, -0.1) is 0 Å². The maximum Gasteiger partial charge on any atom is 0.272 e. The predicted molar refractivity (Wildman–Crippen MR) is 65.5 cm³/mol. The molecule has 1 aliphatic rings. The Morgan fingerprint density at radius 1 is 1.41 bits per heavy atom. The van der Waals surface area contributed by atoms with Gasteiger partial charge in [0.25, 0.3) is 6.43 Å². The Labute approximate surface area is 107 Å². The molecular weight excluding hydrogens is 292 g/mol. The van der Waals surface area contributed by atoms with Crippen molar-refractivity contribution in [3.8, 4) is 5.75 Å². The molecule has 0 spiro atoms. The molecule has 0 unspecified atom stereocenters. The second-order valence-electron chi connectivity index (χ2n) is 4.11. The minimum Gasteiger partial charge on any atom is -0.488 e. The van der Waals surface area contributed by atoms with Crippen molar-refractivity contribution < 1.29 is 13.5 Å². The van der Waals surface area contributed by atoms with E-state index in [2.05, 4.69) is 21.2 Å². The molecule has 1 N–H and O–H groups in total. The molecule has 1 aromatic rings. The van der Waals surface area contributed by atoms with Crippen LogP contribution in [-0.2, 0) is 6.54 Å². The summed E-state index contributed by atoms with van der Waals surface area (Å²) in [6.45, 7) is 0.175. The molecule has 1 saturated carbocycles. The molecule has 0 aromatic heterocycles. The van der Waals surface area contributed by atoms with E-state index in [1.807, 2.05) is 6.07 Å². The molecule has 94 valence electrons. The summed E-state index contributed by atoms with van der Waals surface area (Å²) in [7, 11) is 0. The Hall–Kier alpha value is -0.680. The van der Waals surface area contributed by atoms with Crippen molar-refractivity contribution in [3.05, 3.63) is 28.2 Å². The molecule has 17 heavy (non-hydrogen) atoms. The van der Waals surface area contributed by atoms with Crippen LogP contribution in [0.5, 0.6) is 5.75 Å². The van der Waals surface area contributed by atoms with Gasteiger partial charge in [0, 0.05) is 17.1 Å². The predicted octanol–water partition coefficient (Wildman–Crippen LogP) is 3.35. The maximum absolute atomic E-state index is 12.0. The molecule has 0 bridgehead atoms. The Bertz CT molecular complexity index is 383. The zero-order chi connectivity index (χ0) is 12.3. The van der Waals surface area contributed by atoms with Crippen LogP contribution >= 0.6 is 15.9 Å². The van der Waals surface area contributed by atoms with Crippen LogP contribution in [-0.4, -0.2) is 19.1 Å². The summed E-state index contributed by atoms with van der Waals surface area (Å²) in [4.78, 5) is 0. The molecule has 0 aliphatic heterocycles. The van der Waals surface area contributed by atoms with E-state index >= 15 is 0 Å². The highest BCUT2D eigenvalue weighted by atomic mass is 79.9. The van der Waals surface area contributed by atoms with Gasteiger partial charge in [0.05, 0.1) is 0 Å². The molecule has 0 saturated heterocycles. The number of hydrogen-bond acceptors (Lipinski definition) is 2. The van der Waals surface area contributed by atoms with Gasteiger partial charge in [-0.3, -0.25) is 0 Å². The Morgan fingerprint density at radius 2 is 2.18 bits per heavy atom. The van der Waals surface area contributed by atoms with Crippen LogP contribution in [0.3, 0.4) is 0 Å². The lowest BCUT2D eigenvalue weighted by atomic mass is 10.2. The van der Waals surface area contributed by atoms with Crippen molar-refractivity contribution in [2.24, 2.45) is 0 Å². The van der Waals surface area contributed by atoms with Crippen LogP contribution in [0, 0.1) is 0 Å². The van der Waals surface area contributed by atoms with Crippen molar-refractivity contribution in [2.45, 2.75) is 31.9 Å². The largest absolute Gasteiger partial charge is 0.488 e. The van der Waals surface area contributed by atoms with E-state index in [0.717, 1.165) is 16.6 Å². The third-order valence-corrected chi connectivity index (χ3v) is 3.33. The molecule has 2 rings (SSSR count). The first-order valence-electron chi connectivity index (χ1n) is 5.58. The van der Waals surface area contributed by atoms with E-state index in [0.29, 0.717) is 11.8 Å². The van der Waals surface area contributed by atoms with Crippen LogP contribution in [0.15, 0.2) is 22.7 Å². The molecule has 0 atom stereocenters. The fraction of sp³-hybridized carbons (Fsp3) is 0.500. The van der Waals surface area contributed by atoms with Crippen molar-refractivity contribution in [3.63, 3.8) is 0 Å². The second-order valence-corrected chi connectivity index (χ2v) is 4.96. The summed E-state index contributed by atoms with van der Waals surface area (Å²) in [5.41, 5.74) is 1.03. The fourth-order valence-electron chi connectivity index (χ4n) is 1.48. The number of halogens is 3. The molecule has 5 heteroatoms. The maximum atomic E-state index is 12.0. The quantitative estimate of drug-likeness (QED) is 0.870. The number of hydrogen-bond donors (Lipinski definition) is 1. The van der Waals surface area contributed by atoms with Gasteiger partial charge < -0.3 is 10.1 Å². The van der Waals surface area contributed by atoms with E-state index in [1.54, 1.807) is 12.1 Å². The van der Waals surface area contributed by atoms with Crippen LogP contribution in [0.25, 0.3) is 0 Å². The van der Waals surface area contributed by atoms with E-state index in [4.69, 9.17) is 4.74 Å². The van der Waals surface area contributed by atoms with Crippen molar-refractivity contribution in [1.82, 2.24) is 5.32 Å². The van der Waals surface area contributed by atoms with Crippen LogP contribution in [0.2, 0.25) is 0 Å². The molecule has 0 radical (unpaired) electrons. The van der Waals surface area contributed by atoms with E-state index in [-0.39, 0.29) is 0 Å². The monoisotopic (exact) mass is 305 g/mol. The van der Waals surface area contributed by atoms with Crippen molar-refractivity contribution in [1.29, 1.82) is 0 Å². The summed E-state index contributed by atoms with van der Waals surface area (Å²) in [5, 5.41) is 3.37. The molecule has 0 amide bonds. The minimum absolute atomic E-state index is 0.487. The third-order valence-electron chi connectivity index (χ3n) is 2.55. The van der Waals surface area contributed by atoms with Gasteiger partial charge in [0.1, 0.15) is 12.4 Å². The van der Waals surface area contributed by atoms with Gasteiger partial charge in [0.15, 0.2) is 0 Å².